The minimum Gasteiger partial charge on any atom is -0.508 e. The summed E-state index contributed by atoms with van der Waals surface area (Å²) in [5.41, 5.74) is 6.85. The average Bonchev–Trinajstić information content (AvgIpc) is 2.39. The van der Waals surface area contributed by atoms with Crippen LogP contribution in [0.5, 0.6) is 5.75 Å². The number of rotatable bonds is 3. The number of hydrogen-bond donors (Lipinski definition) is 3. The van der Waals surface area contributed by atoms with E-state index >= 15 is 0 Å². The molecule has 2 aromatic rings. The Balaban J connectivity index is 2.15. The Bertz CT molecular complexity index is 639. The third-order valence-corrected chi connectivity index (χ3v) is 3.36. The van der Waals surface area contributed by atoms with Gasteiger partial charge in [-0.1, -0.05) is 29.3 Å². The van der Waals surface area contributed by atoms with Crippen LogP contribution in [0.1, 0.15) is 15.9 Å². The maximum Gasteiger partial charge on any atom is 0.254 e. The van der Waals surface area contributed by atoms with E-state index in [-0.39, 0.29) is 27.9 Å². The van der Waals surface area contributed by atoms with E-state index in [1.807, 2.05) is 0 Å². The van der Waals surface area contributed by atoms with Crippen molar-refractivity contribution in [3.05, 3.63) is 57.6 Å². The van der Waals surface area contributed by atoms with Crippen molar-refractivity contribution in [1.29, 1.82) is 0 Å². The van der Waals surface area contributed by atoms with Gasteiger partial charge < -0.3 is 16.2 Å². The highest BCUT2D eigenvalue weighted by Gasteiger charge is 2.14. The van der Waals surface area contributed by atoms with Crippen molar-refractivity contribution in [1.82, 2.24) is 5.32 Å². The zero-order valence-corrected chi connectivity index (χ0v) is 11.9. The Hall–Kier alpha value is -1.91. The number of phenolic OH excluding ortho intramolecular Hbond substituents is 1. The van der Waals surface area contributed by atoms with Gasteiger partial charge in [0.15, 0.2) is 0 Å². The molecule has 4 N–H and O–H groups in total. The molecule has 2 rings (SSSR count). The van der Waals surface area contributed by atoms with Gasteiger partial charge in [-0.2, -0.15) is 0 Å². The van der Waals surface area contributed by atoms with Gasteiger partial charge in [-0.3, -0.25) is 4.79 Å². The van der Waals surface area contributed by atoms with E-state index in [4.69, 9.17) is 28.9 Å². The SMILES string of the molecule is Nc1ccc(O)c(CNC(=O)c2c(Cl)cccc2Cl)c1. The molecule has 0 aliphatic rings. The third kappa shape index (κ3) is 3.15. The van der Waals surface area contributed by atoms with Crippen LogP contribution in [-0.2, 0) is 6.54 Å². The predicted octanol–water partition coefficient (Wildman–Crippen LogP) is 3.21. The zero-order valence-electron chi connectivity index (χ0n) is 10.4. The van der Waals surface area contributed by atoms with E-state index in [1.54, 1.807) is 30.3 Å². The van der Waals surface area contributed by atoms with Crippen LogP contribution in [0.25, 0.3) is 0 Å². The van der Waals surface area contributed by atoms with Gasteiger partial charge in [0.05, 0.1) is 15.6 Å². The van der Waals surface area contributed by atoms with Crippen molar-refractivity contribution < 1.29 is 9.90 Å². The average molecular weight is 311 g/mol. The van der Waals surface area contributed by atoms with Gasteiger partial charge in [-0.15, -0.1) is 0 Å². The zero-order chi connectivity index (χ0) is 14.7. The molecule has 20 heavy (non-hydrogen) atoms. The Kier molecular flexibility index (Phi) is 4.37. The summed E-state index contributed by atoms with van der Waals surface area (Å²) < 4.78 is 0. The van der Waals surface area contributed by atoms with Crippen LogP contribution in [0.4, 0.5) is 5.69 Å². The van der Waals surface area contributed by atoms with Crippen molar-refractivity contribution in [2.45, 2.75) is 6.54 Å². The number of anilines is 1. The molecular formula is C14H12Cl2N2O2. The first-order valence-corrected chi connectivity index (χ1v) is 6.54. The fraction of sp³-hybridized carbons (Fsp3) is 0.0714. The van der Waals surface area contributed by atoms with Gasteiger partial charge in [0, 0.05) is 17.8 Å². The highest BCUT2D eigenvalue weighted by molar-refractivity contribution is 6.39. The molecule has 0 aliphatic carbocycles. The Morgan fingerprint density at radius 2 is 1.85 bits per heavy atom. The first kappa shape index (κ1) is 14.5. The number of phenols is 1. The number of carbonyl (C=O) groups excluding carboxylic acids is 1. The molecule has 0 unspecified atom stereocenters. The van der Waals surface area contributed by atoms with Crippen LogP contribution in [0.2, 0.25) is 10.0 Å². The van der Waals surface area contributed by atoms with Crippen LogP contribution < -0.4 is 11.1 Å². The van der Waals surface area contributed by atoms with Crippen LogP contribution >= 0.6 is 23.2 Å². The lowest BCUT2D eigenvalue weighted by Crippen LogP contribution is -2.23. The molecule has 0 saturated heterocycles. The van der Waals surface area contributed by atoms with Crippen molar-refractivity contribution in [2.75, 3.05) is 5.73 Å². The van der Waals surface area contributed by atoms with Crippen molar-refractivity contribution in [2.24, 2.45) is 0 Å². The van der Waals surface area contributed by atoms with Gasteiger partial charge in [-0.05, 0) is 30.3 Å². The number of carbonyl (C=O) groups is 1. The van der Waals surface area contributed by atoms with Gasteiger partial charge in [0.1, 0.15) is 5.75 Å². The summed E-state index contributed by atoms with van der Waals surface area (Å²) in [6, 6.07) is 9.46. The topological polar surface area (TPSA) is 75.3 Å². The third-order valence-electron chi connectivity index (χ3n) is 2.73. The van der Waals surface area contributed by atoms with Gasteiger partial charge in [0.2, 0.25) is 0 Å². The molecule has 0 spiro atoms. The number of halogens is 2. The molecule has 0 aromatic heterocycles. The summed E-state index contributed by atoms with van der Waals surface area (Å²) in [5, 5.41) is 12.9. The van der Waals surface area contributed by atoms with Crippen molar-refractivity contribution in [3.8, 4) is 5.75 Å². The molecule has 0 heterocycles. The van der Waals surface area contributed by atoms with E-state index in [0.29, 0.717) is 11.3 Å². The maximum absolute atomic E-state index is 12.1. The second-order valence-corrected chi connectivity index (χ2v) is 4.98. The summed E-state index contributed by atoms with van der Waals surface area (Å²) in [5.74, 6) is -0.354. The summed E-state index contributed by atoms with van der Waals surface area (Å²) in [6.07, 6.45) is 0. The van der Waals surface area contributed by atoms with Gasteiger partial charge >= 0.3 is 0 Å². The summed E-state index contributed by atoms with van der Waals surface area (Å²) in [6.45, 7) is 0.122. The smallest absolute Gasteiger partial charge is 0.254 e. The quantitative estimate of drug-likeness (QED) is 0.602. The minimum atomic E-state index is -0.414. The van der Waals surface area contributed by atoms with E-state index in [9.17, 15) is 9.90 Å². The molecule has 0 aliphatic heterocycles. The van der Waals surface area contributed by atoms with Crippen molar-refractivity contribution in [3.63, 3.8) is 0 Å². The fourth-order valence-corrected chi connectivity index (χ4v) is 2.29. The normalized spacial score (nSPS) is 10.3. The summed E-state index contributed by atoms with van der Waals surface area (Å²) in [4.78, 5) is 12.1. The van der Waals surface area contributed by atoms with Crippen LogP contribution in [0.3, 0.4) is 0 Å². The highest BCUT2D eigenvalue weighted by Crippen LogP contribution is 2.24. The maximum atomic E-state index is 12.1. The van der Waals surface area contributed by atoms with E-state index < -0.39 is 5.91 Å². The first-order valence-electron chi connectivity index (χ1n) is 5.78. The Labute approximate surface area is 126 Å². The molecule has 0 atom stereocenters. The summed E-state index contributed by atoms with van der Waals surface area (Å²) in [7, 11) is 0. The summed E-state index contributed by atoms with van der Waals surface area (Å²) >= 11 is 11.9. The van der Waals surface area contributed by atoms with Crippen molar-refractivity contribution >= 4 is 34.8 Å². The molecule has 0 saturated carbocycles. The lowest BCUT2D eigenvalue weighted by molar-refractivity contribution is 0.0951. The second-order valence-electron chi connectivity index (χ2n) is 4.17. The monoisotopic (exact) mass is 310 g/mol. The Morgan fingerprint density at radius 3 is 2.50 bits per heavy atom. The predicted molar refractivity (Wildman–Crippen MR) is 80.2 cm³/mol. The Morgan fingerprint density at radius 1 is 1.20 bits per heavy atom. The highest BCUT2D eigenvalue weighted by atomic mass is 35.5. The van der Waals surface area contributed by atoms with E-state index in [1.165, 1.54) is 6.07 Å². The number of amides is 1. The largest absolute Gasteiger partial charge is 0.508 e. The molecule has 4 nitrogen and oxygen atoms in total. The first-order chi connectivity index (χ1) is 9.49. The number of nitrogen functional groups attached to an aromatic ring is 1. The number of nitrogens with one attached hydrogen (secondary N) is 1. The fourth-order valence-electron chi connectivity index (χ4n) is 1.73. The molecule has 0 fully saturated rings. The lowest BCUT2D eigenvalue weighted by atomic mass is 10.1. The second kappa shape index (κ2) is 6.03. The van der Waals surface area contributed by atoms with Crippen LogP contribution in [-0.4, -0.2) is 11.0 Å². The standard InChI is InChI=1S/C14H12Cl2N2O2/c15-10-2-1-3-11(16)13(10)14(20)18-7-8-6-9(17)4-5-12(8)19/h1-6,19H,7,17H2,(H,18,20). The van der Waals surface area contributed by atoms with Crippen LogP contribution in [0.15, 0.2) is 36.4 Å². The molecule has 0 bridgehead atoms. The molecule has 0 radical (unpaired) electrons. The number of benzene rings is 2. The number of hydrogen-bond acceptors (Lipinski definition) is 3. The molecular weight excluding hydrogens is 299 g/mol. The number of nitrogens with two attached hydrogens (primary N) is 1. The molecule has 2 aromatic carbocycles. The molecule has 104 valence electrons. The number of aromatic hydroxyl groups is 1. The lowest BCUT2D eigenvalue weighted by Gasteiger charge is -2.10. The minimum absolute atomic E-state index is 0.0600. The van der Waals surface area contributed by atoms with Crippen LogP contribution in [0, 0.1) is 0 Å². The van der Waals surface area contributed by atoms with E-state index in [0.717, 1.165) is 0 Å². The van der Waals surface area contributed by atoms with Gasteiger partial charge in [-0.25, -0.2) is 0 Å². The van der Waals surface area contributed by atoms with Gasteiger partial charge in [0.25, 0.3) is 5.91 Å². The molecule has 6 heteroatoms. The molecule has 1 amide bonds. The van der Waals surface area contributed by atoms with E-state index in [2.05, 4.69) is 5.32 Å².